The fourth-order valence-electron chi connectivity index (χ4n) is 2.04. The maximum Gasteiger partial charge on any atom is 0.320 e. The van der Waals surface area contributed by atoms with E-state index in [4.69, 9.17) is 0 Å². The van der Waals surface area contributed by atoms with Crippen molar-refractivity contribution in [3.63, 3.8) is 0 Å². The third-order valence-electron chi connectivity index (χ3n) is 2.91. The minimum absolute atomic E-state index is 0.0490. The van der Waals surface area contributed by atoms with Crippen LogP contribution in [0.3, 0.4) is 0 Å². The van der Waals surface area contributed by atoms with E-state index >= 15 is 0 Å². The van der Waals surface area contributed by atoms with Crippen LogP contribution in [0.4, 0.5) is 0 Å². The Morgan fingerprint density at radius 2 is 1.75 bits per heavy atom. The minimum atomic E-state index is -1.09. The van der Waals surface area contributed by atoms with Crippen LogP contribution in [0.2, 0.25) is 0 Å². The first-order valence-electron chi connectivity index (χ1n) is 5.30. The van der Waals surface area contributed by atoms with Crippen LogP contribution in [0.15, 0.2) is 0 Å². The normalized spacial score (nSPS) is 20.7. The summed E-state index contributed by atoms with van der Waals surface area (Å²) in [5.74, 6) is -3.09. The van der Waals surface area contributed by atoms with E-state index in [0.29, 0.717) is 12.8 Å². The summed E-state index contributed by atoms with van der Waals surface area (Å²) in [6.07, 6.45) is 2.65. The Morgan fingerprint density at radius 1 is 1.19 bits per heavy atom. The van der Waals surface area contributed by atoms with Gasteiger partial charge in [0.05, 0.1) is 14.2 Å². The van der Waals surface area contributed by atoms with Gasteiger partial charge in [0.1, 0.15) is 5.78 Å². The molecule has 1 aliphatic carbocycles. The number of hydrogen-bond donors (Lipinski definition) is 0. The van der Waals surface area contributed by atoms with Crippen molar-refractivity contribution in [3.8, 4) is 0 Å². The highest BCUT2D eigenvalue weighted by Crippen LogP contribution is 2.28. The van der Waals surface area contributed by atoms with Crippen LogP contribution in [-0.4, -0.2) is 31.9 Å². The SMILES string of the molecule is COC(=O)C(C(=O)OC)[C@@H]1CCCCC1=O. The first kappa shape index (κ1) is 12.7. The standard InChI is InChI=1S/C11H16O5/c1-15-10(13)9(11(14)16-2)7-5-3-4-6-8(7)12/h7,9H,3-6H2,1-2H3/t7-/m1/s1. The van der Waals surface area contributed by atoms with E-state index < -0.39 is 23.8 Å². The molecule has 0 N–H and O–H groups in total. The van der Waals surface area contributed by atoms with Gasteiger partial charge in [-0.05, 0) is 12.8 Å². The zero-order valence-electron chi connectivity index (χ0n) is 9.52. The van der Waals surface area contributed by atoms with Crippen LogP contribution < -0.4 is 0 Å². The zero-order chi connectivity index (χ0) is 12.1. The number of ketones is 1. The van der Waals surface area contributed by atoms with E-state index in [-0.39, 0.29) is 5.78 Å². The monoisotopic (exact) mass is 228 g/mol. The molecule has 0 amide bonds. The third-order valence-corrected chi connectivity index (χ3v) is 2.91. The molecule has 1 rings (SSSR count). The van der Waals surface area contributed by atoms with Gasteiger partial charge in [0, 0.05) is 12.3 Å². The van der Waals surface area contributed by atoms with Crippen LogP contribution in [0.1, 0.15) is 25.7 Å². The van der Waals surface area contributed by atoms with Crippen LogP contribution in [0, 0.1) is 11.8 Å². The maximum absolute atomic E-state index is 11.7. The smallest absolute Gasteiger partial charge is 0.320 e. The average molecular weight is 228 g/mol. The second kappa shape index (κ2) is 5.63. The minimum Gasteiger partial charge on any atom is -0.468 e. The molecular formula is C11H16O5. The Balaban J connectivity index is 2.86. The molecule has 0 spiro atoms. The summed E-state index contributed by atoms with van der Waals surface area (Å²) in [6, 6.07) is 0. The predicted molar refractivity (Wildman–Crippen MR) is 54.5 cm³/mol. The Morgan fingerprint density at radius 3 is 2.19 bits per heavy atom. The fraction of sp³-hybridized carbons (Fsp3) is 0.727. The number of carbonyl (C=O) groups excluding carboxylic acids is 3. The van der Waals surface area contributed by atoms with Crippen molar-refractivity contribution < 1.29 is 23.9 Å². The van der Waals surface area contributed by atoms with E-state index in [0.717, 1.165) is 12.8 Å². The lowest BCUT2D eigenvalue weighted by molar-refractivity contribution is -0.164. The maximum atomic E-state index is 11.7. The van der Waals surface area contributed by atoms with E-state index in [9.17, 15) is 14.4 Å². The average Bonchev–Trinajstić information content (AvgIpc) is 2.31. The van der Waals surface area contributed by atoms with E-state index in [1.54, 1.807) is 0 Å². The van der Waals surface area contributed by atoms with Crippen molar-refractivity contribution in [1.82, 2.24) is 0 Å². The Kier molecular flexibility index (Phi) is 4.46. The number of hydrogen-bond acceptors (Lipinski definition) is 5. The van der Waals surface area contributed by atoms with Gasteiger partial charge in [-0.15, -0.1) is 0 Å². The molecule has 1 atom stereocenters. The van der Waals surface area contributed by atoms with Gasteiger partial charge in [-0.1, -0.05) is 6.42 Å². The summed E-state index contributed by atoms with van der Waals surface area (Å²) in [5, 5.41) is 0. The molecule has 0 aromatic heterocycles. The predicted octanol–water partition coefficient (Wildman–Crippen LogP) is 0.708. The second-order valence-electron chi connectivity index (χ2n) is 3.84. The van der Waals surface area contributed by atoms with Crippen LogP contribution in [-0.2, 0) is 23.9 Å². The van der Waals surface area contributed by atoms with Gasteiger partial charge in [0.25, 0.3) is 0 Å². The Labute approximate surface area is 94.1 Å². The molecule has 0 unspecified atom stereocenters. The molecule has 0 radical (unpaired) electrons. The molecule has 1 aliphatic rings. The van der Waals surface area contributed by atoms with Crippen molar-refractivity contribution >= 4 is 17.7 Å². The molecule has 0 saturated heterocycles. The molecule has 16 heavy (non-hydrogen) atoms. The molecule has 5 nitrogen and oxygen atoms in total. The number of Topliss-reactive ketones (excluding diaryl/α,β-unsaturated/α-hetero) is 1. The van der Waals surface area contributed by atoms with E-state index in [2.05, 4.69) is 9.47 Å². The van der Waals surface area contributed by atoms with Crippen molar-refractivity contribution in [2.75, 3.05) is 14.2 Å². The summed E-state index contributed by atoms with van der Waals surface area (Å²) in [5.41, 5.74) is 0. The molecule has 0 bridgehead atoms. The number of ether oxygens (including phenoxy) is 2. The van der Waals surface area contributed by atoms with Crippen LogP contribution in [0.5, 0.6) is 0 Å². The topological polar surface area (TPSA) is 69.7 Å². The van der Waals surface area contributed by atoms with Crippen molar-refractivity contribution in [2.45, 2.75) is 25.7 Å². The summed E-state index contributed by atoms with van der Waals surface area (Å²) in [4.78, 5) is 34.6. The van der Waals surface area contributed by atoms with Crippen molar-refractivity contribution in [1.29, 1.82) is 0 Å². The highest BCUT2D eigenvalue weighted by molar-refractivity contribution is 6.00. The van der Waals surface area contributed by atoms with Gasteiger partial charge < -0.3 is 9.47 Å². The molecule has 0 heterocycles. The second-order valence-corrected chi connectivity index (χ2v) is 3.84. The number of esters is 2. The molecule has 90 valence electrons. The summed E-state index contributed by atoms with van der Waals surface area (Å²) >= 11 is 0. The van der Waals surface area contributed by atoms with E-state index in [1.807, 2.05) is 0 Å². The lowest BCUT2D eigenvalue weighted by Gasteiger charge is -2.25. The highest BCUT2D eigenvalue weighted by atomic mass is 16.5. The zero-order valence-corrected chi connectivity index (χ0v) is 9.52. The molecule has 5 heteroatoms. The number of carbonyl (C=O) groups is 3. The molecule has 0 aromatic rings. The lowest BCUT2D eigenvalue weighted by atomic mass is 9.79. The first-order chi connectivity index (χ1) is 7.61. The Bertz CT molecular complexity index is 281. The van der Waals surface area contributed by atoms with Gasteiger partial charge in [-0.3, -0.25) is 14.4 Å². The summed E-state index contributed by atoms with van der Waals surface area (Å²) < 4.78 is 9.09. The molecule has 0 aliphatic heterocycles. The van der Waals surface area contributed by atoms with Crippen molar-refractivity contribution in [3.05, 3.63) is 0 Å². The van der Waals surface area contributed by atoms with Gasteiger partial charge in [0.2, 0.25) is 0 Å². The molecule has 0 aromatic carbocycles. The number of rotatable bonds is 3. The van der Waals surface area contributed by atoms with Gasteiger partial charge >= 0.3 is 11.9 Å². The molecule has 1 fully saturated rings. The van der Waals surface area contributed by atoms with Crippen molar-refractivity contribution in [2.24, 2.45) is 11.8 Å². The van der Waals surface area contributed by atoms with E-state index in [1.165, 1.54) is 14.2 Å². The van der Waals surface area contributed by atoms with Gasteiger partial charge in [-0.25, -0.2) is 0 Å². The summed E-state index contributed by atoms with van der Waals surface area (Å²) in [7, 11) is 2.40. The summed E-state index contributed by atoms with van der Waals surface area (Å²) in [6.45, 7) is 0. The largest absolute Gasteiger partial charge is 0.468 e. The van der Waals surface area contributed by atoms with Gasteiger partial charge in [-0.2, -0.15) is 0 Å². The lowest BCUT2D eigenvalue weighted by Crippen LogP contribution is -2.38. The third kappa shape index (κ3) is 2.59. The fourth-order valence-corrected chi connectivity index (χ4v) is 2.04. The number of methoxy groups -OCH3 is 2. The molecule has 1 saturated carbocycles. The molecular weight excluding hydrogens is 212 g/mol. The first-order valence-corrected chi connectivity index (χ1v) is 5.30. The van der Waals surface area contributed by atoms with Gasteiger partial charge in [0.15, 0.2) is 5.92 Å². The Hall–Kier alpha value is -1.39. The van der Waals surface area contributed by atoms with Crippen LogP contribution >= 0.6 is 0 Å². The highest BCUT2D eigenvalue weighted by Gasteiger charge is 2.41. The van der Waals surface area contributed by atoms with Crippen LogP contribution in [0.25, 0.3) is 0 Å². The quantitative estimate of drug-likeness (QED) is 0.525.